The first-order chi connectivity index (χ1) is 9.95. The maximum atomic E-state index is 12.2. The molecule has 0 bridgehead atoms. The highest BCUT2D eigenvalue weighted by molar-refractivity contribution is 5.76. The highest BCUT2D eigenvalue weighted by atomic mass is 16.4. The minimum absolute atomic E-state index is 0.0198. The fourth-order valence-corrected chi connectivity index (χ4v) is 3.16. The van der Waals surface area contributed by atoms with Gasteiger partial charge in [-0.15, -0.1) is 0 Å². The number of nitrogens with one attached hydrogen (secondary N) is 2. The van der Waals surface area contributed by atoms with E-state index in [0.29, 0.717) is 25.9 Å². The first-order valence-corrected chi connectivity index (χ1v) is 7.51. The average molecular weight is 297 g/mol. The Bertz CT molecular complexity index is 426. The van der Waals surface area contributed by atoms with Crippen LogP contribution >= 0.6 is 0 Å². The van der Waals surface area contributed by atoms with Crippen LogP contribution in [-0.2, 0) is 9.59 Å². The third kappa shape index (κ3) is 4.34. The number of amides is 3. The Labute approximate surface area is 124 Å². The molecule has 3 N–H and O–H groups in total. The molecule has 0 aromatic rings. The summed E-state index contributed by atoms with van der Waals surface area (Å²) in [7, 11) is 0. The van der Waals surface area contributed by atoms with E-state index in [1.54, 1.807) is 4.90 Å². The fourth-order valence-electron chi connectivity index (χ4n) is 3.16. The monoisotopic (exact) mass is 297 g/mol. The van der Waals surface area contributed by atoms with E-state index in [4.69, 9.17) is 5.11 Å². The lowest BCUT2D eigenvalue weighted by atomic mass is 9.86. The zero-order chi connectivity index (χ0) is 15.4. The number of carboxylic acids is 1. The summed E-state index contributed by atoms with van der Waals surface area (Å²) in [6.07, 6.45) is 3.62. The first kappa shape index (κ1) is 15.6. The summed E-state index contributed by atoms with van der Waals surface area (Å²) in [6, 6.07) is -0.197. The Morgan fingerprint density at radius 3 is 2.52 bits per heavy atom. The third-order valence-electron chi connectivity index (χ3n) is 4.23. The van der Waals surface area contributed by atoms with Crippen LogP contribution in [0.1, 0.15) is 39.0 Å². The Morgan fingerprint density at radius 2 is 1.86 bits per heavy atom. The molecule has 7 nitrogen and oxygen atoms in total. The Morgan fingerprint density at radius 1 is 1.10 bits per heavy atom. The van der Waals surface area contributed by atoms with Crippen molar-refractivity contribution in [3.8, 4) is 0 Å². The first-order valence-electron chi connectivity index (χ1n) is 7.51. The van der Waals surface area contributed by atoms with E-state index in [9.17, 15) is 14.4 Å². The molecule has 0 radical (unpaired) electrons. The van der Waals surface area contributed by atoms with Gasteiger partial charge in [-0.05, 0) is 25.7 Å². The summed E-state index contributed by atoms with van der Waals surface area (Å²) in [6.45, 7) is 2.60. The predicted molar refractivity (Wildman–Crippen MR) is 75.7 cm³/mol. The van der Waals surface area contributed by atoms with E-state index < -0.39 is 5.97 Å². The molecule has 2 rings (SSSR count). The van der Waals surface area contributed by atoms with Gasteiger partial charge in [-0.2, -0.15) is 0 Å². The van der Waals surface area contributed by atoms with Crippen molar-refractivity contribution in [2.75, 3.05) is 13.1 Å². The second kappa shape index (κ2) is 6.78. The normalized spacial score (nSPS) is 29.0. The molecule has 0 aromatic heterocycles. The summed E-state index contributed by atoms with van der Waals surface area (Å²) in [5.74, 6) is -1.21. The van der Waals surface area contributed by atoms with Crippen molar-refractivity contribution >= 4 is 17.9 Å². The Balaban J connectivity index is 1.79. The predicted octanol–water partition coefficient (Wildman–Crippen LogP) is 0.550. The largest absolute Gasteiger partial charge is 0.481 e. The van der Waals surface area contributed by atoms with Gasteiger partial charge >= 0.3 is 12.0 Å². The maximum Gasteiger partial charge on any atom is 0.317 e. The van der Waals surface area contributed by atoms with Crippen LogP contribution < -0.4 is 10.6 Å². The maximum absolute atomic E-state index is 12.2. The van der Waals surface area contributed by atoms with Crippen molar-refractivity contribution in [2.45, 2.75) is 51.1 Å². The van der Waals surface area contributed by atoms with E-state index >= 15 is 0 Å². The number of nitrogens with zero attached hydrogens (tertiary/aromatic N) is 1. The number of hydrogen-bond donors (Lipinski definition) is 3. The molecule has 3 amide bonds. The molecule has 1 aliphatic heterocycles. The van der Waals surface area contributed by atoms with Crippen LogP contribution in [0.3, 0.4) is 0 Å². The second-order valence-corrected chi connectivity index (χ2v) is 5.98. The minimum atomic E-state index is -0.777. The summed E-state index contributed by atoms with van der Waals surface area (Å²) >= 11 is 0. The molecule has 21 heavy (non-hydrogen) atoms. The summed E-state index contributed by atoms with van der Waals surface area (Å²) in [5.41, 5.74) is 0. The Kier molecular flexibility index (Phi) is 5.03. The molecule has 3 atom stereocenters. The molecule has 1 saturated heterocycles. The van der Waals surface area contributed by atoms with Gasteiger partial charge in [0, 0.05) is 32.1 Å². The molecule has 3 unspecified atom stereocenters. The molecular weight excluding hydrogens is 274 g/mol. The molecule has 0 spiro atoms. The van der Waals surface area contributed by atoms with Gasteiger partial charge in [0.2, 0.25) is 5.91 Å². The van der Waals surface area contributed by atoms with Gasteiger partial charge in [-0.25, -0.2) is 4.79 Å². The number of carbonyl (C=O) groups excluding carboxylic acids is 2. The van der Waals surface area contributed by atoms with E-state index in [1.807, 2.05) is 0 Å². The zero-order valence-electron chi connectivity index (χ0n) is 12.3. The number of likely N-dealkylation sites (tertiary alicyclic amines) is 1. The number of carbonyl (C=O) groups is 3. The van der Waals surface area contributed by atoms with Gasteiger partial charge in [0.25, 0.3) is 0 Å². The molecular formula is C14H23N3O4. The Hall–Kier alpha value is -1.79. The molecule has 118 valence electrons. The van der Waals surface area contributed by atoms with E-state index in [2.05, 4.69) is 10.6 Å². The van der Waals surface area contributed by atoms with Crippen LogP contribution in [0.5, 0.6) is 0 Å². The summed E-state index contributed by atoms with van der Waals surface area (Å²) < 4.78 is 0. The highest BCUT2D eigenvalue weighted by Crippen LogP contribution is 2.24. The standard InChI is InChI=1S/C14H23N3O4/c1-9(18)15-12-5-6-17(8-12)14(21)16-11-4-2-3-10(7-11)13(19)20/h10-12H,2-8H2,1H3,(H,15,18)(H,16,21)(H,19,20). The second-order valence-electron chi connectivity index (χ2n) is 5.98. The van der Waals surface area contributed by atoms with Gasteiger partial charge in [0.1, 0.15) is 0 Å². The van der Waals surface area contributed by atoms with Crippen LogP contribution in [0, 0.1) is 5.92 Å². The van der Waals surface area contributed by atoms with Crippen molar-refractivity contribution in [3.05, 3.63) is 0 Å². The minimum Gasteiger partial charge on any atom is -0.481 e. The van der Waals surface area contributed by atoms with Crippen LogP contribution in [0.2, 0.25) is 0 Å². The van der Waals surface area contributed by atoms with Crippen LogP contribution in [0.4, 0.5) is 4.79 Å². The number of urea groups is 1. The lowest BCUT2D eigenvalue weighted by Gasteiger charge is -2.29. The number of rotatable bonds is 3. The fraction of sp³-hybridized carbons (Fsp3) is 0.786. The van der Waals surface area contributed by atoms with Gasteiger partial charge in [0.05, 0.1) is 5.92 Å². The van der Waals surface area contributed by atoms with Gasteiger partial charge in [-0.1, -0.05) is 6.42 Å². The molecule has 7 heteroatoms. The highest BCUT2D eigenvalue weighted by Gasteiger charge is 2.31. The van der Waals surface area contributed by atoms with Crippen LogP contribution in [0.15, 0.2) is 0 Å². The average Bonchev–Trinajstić information content (AvgIpc) is 2.86. The molecule has 2 fully saturated rings. The molecule has 1 heterocycles. The topological polar surface area (TPSA) is 98.7 Å². The summed E-state index contributed by atoms with van der Waals surface area (Å²) in [5, 5.41) is 14.8. The van der Waals surface area contributed by atoms with Crippen molar-refractivity contribution in [1.29, 1.82) is 0 Å². The van der Waals surface area contributed by atoms with Gasteiger partial charge in [-0.3, -0.25) is 9.59 Å². The van der Waals surface area contributed by atoms with Crippen molar-refractivity contribution in [2.24, 2.45) is 5.92 Å². The van der Waals surface area contributed by atoms with E-state index in [-0.39, 0.29) is 29.9 Å². The third-order valence-corrected chi connectivity index (χ3v) is 4.23. The zero-order valence-corrected chi connectivity index (χ0v) is 12.3. The van der Waals surface area contributed by atoms with Crippen LogP contribution in [0.25, 0.3) is 0 Å². The van der Waals surface area contributed by atoms with Crippen molar-refractivity contribution in [1.82, 2.24) is 15.5 Å². The summed E-state index contributed by atoms with van der Waals surface area (Å²) in [4.78, 5) is 35.9. The quantitative estimate of drug-likeness (QED) is 0.708. The molecule has 2 aliphatic rings. The van der Waals surface area contributed by atoms with E-state index in [1.165, 1.54) is 6.92 Å². The smallest absolute Gasteiger partial charge is 0.317 e. The lowest BCUT2D eigenvalue weighted by molar-refractivity contribution is -0.143. The van der Waals surface area contributed by atoms with Crippen LogP contribution in [-0.4, -0.2) is 53.1 Å². The van der Waals surface area contributed by atoms with Crippen molar-refractivity contribution < 1.29 is 19.5 Å². The molecule has 1 saturated carbocycles. The molecule has 0 aromatic carbocycles. The SMILES string of the molecule is CC(=O)NC1CCN(C(=O)NC2CCCC(C(=O)O)C2)C1. The lowest BCUT2D eigenvalue weighted by Crippen LogP contribution is -2.47. The van der Waals surface area contributed by atoms with Gasteiger partial charge in [0.15, 0.2) is 0 Å². The molecule has 1 aliphatic carbocycles. The number of carboxylic acid groups (broad SMARTS) is 1. The van der Waals surface area contributed by atoms with Gasteiger partial charge < -0.3 is 20.6 Å². The number of aliphatic carboxylic acids is 1. The number of hydrogen-bond acceptors (Lipinski definition) is 3. The van der Waals surface area contributed by atoms with Crippen molar-refractivity contribution in [3.63, 3.8) is 0 Å². The van der Waals surface area contributed by atoms with E-state index in [0.717, 1.165) is 19.3 Å².